The Bertz CT molecular complexity index is 1100. The number of hydrogen-bond donors (Lipinski definition) is 2. The van der Waals surface area contributed by atoms with Crippen LogP contribution in [0, 0.1) is 6.92 Å². The van der Waals surface area contributed by atoms with Gasteiger partial charge in [0.15, 0.2) is 5.65 Å². The Morgan fingerprint density at radius 1 is 1.10 bits per heavy atom. The summed E-state index contributed by atoms with van der Waals surface area (Å²) in [6, 6.07) is 5.79. The number of hydrogen-bond acceptors (Lipinski definition) is 6. The van der Waals surface area contributed by atoms with E-state index in [0.29, 0.717) is 22.8 Å². The maximum absolute atomic E-state index is 12.3. The van der Waals surface area contributed by atoms with E-state index >= 15 is 0 Å². The van der Waals surface area contributed by atoms with E-state index in [2.05, 4.69) is 56.9 Å². The van der Waals surface area contributed by atoms with Gasteiger partial charge in [-0.25, -0.2) is 9.78 Å². The first-order valence-corrected chi connectivity index (χ1v) is 10.5. The number of aryl methyl sites for hydroxylation is 1. The number of benzene rings is 1. The number of ether oxygens (including phenoxy) is 1. The van der Waals surface area contributed by atoms with Gasteiger partial charge >= 0.3 is 5.97 Å². The Morgan fingerprint density at radius 3 is 2.19 bits per heavy atom. The largest absolute Gasteiger partial charge is 0.507 e. The number of carbonyl (C=O) groups is 1. The van der Waals surface area contributed by atoms with E-state index in [9.17, 15) is 9.90 Å². The van der Waals surface area contributed by atoms with Crippen molar-refractivity contribution >= 4 is 23.1 Å². The van der Waals surface area contributed by atoms with Crippen LogP contribution >= 0.6 is 0 Å². The maximum Gasteiger partial charge on any atom is 0.343 e. The lowest BCUT2D eigenvalue weighted by Gasteiger charge is -2.28. The number of nitrogens with zero attached hydrogens (tertiary/aromatic N) is 3. The second-order valence-electron chi connectivity index (χ2n) is 9.84. The molecular weight excluding hydrogens is 392 g/mol. The van der Waals surface area contributed by atoms with Gasteiger partial charge in [-0.1, -0.05) is 41.5 Å². The van der Waals surface area contributed by atoms with Gasteiger partial charge in [0.05, 0.1) is 12.8 Å². The minimum atomic E-state index is -0.448. The fourth-order valence-corrected chi connectivity index (χ4v) is 3.52. The molecule has 0 aliphatic heterocycles. The lowest BCUT2D eigenvalue weighted by Crippen LogP contribution is -2.18. The number of esters is 1. The summed E-state index contributed by atoms with van der Waals surface area (Å²) in [6.07, 6.45) is 1.48. The first-order valence-electron chi connectivity index (χ1n) is 10.5. The molecule has 0 aliphatic carbocycles. The zero-order valence-electron chi connectivity index (χ0n) is 19.6. The smallest absolute Gasteiger partial charge is 0.343 e. The van der Waals surface area contributed by atoms with Crippen molar-refractivity contribution in [2.45, 2.75) is 66.2 Å². The monoisotopic (exact) mass is 424 g/mol. The average molecular weight is 425 g/mol. The van der Waals surface area contributed by atoms with Gasteiger partial charge in [0.2, 0.25) is 0 Å². The van der Waals surface area contributed by atoms with Crippen molar-refractivity contribution < 1.29 is 14.6 Å². The van der Waals surface area contributed by atoms with Gasteiger partial charge in [-0.05, 0) is 36.8 Å². The SMILES string of the molecule is CCOC(=O)c1cnn2c(Nc3cc(C(C)(C)C)c(O)c(C(C)(C)C)c3)cc(C)nc12. The number of fused-ring (bicyclic) bond motifs is 1. The van der Waals surface area contributed by atoms with Crippen LogP contribution in [-0.4, -0.2) is 32.3 Å². The van der Waals surface area contributed by atoms with Crippen molar-refractivity contribution in [2.75, 3.05) is 11.9 Å². The highest BCUT2D eigenvalue weighted by atomic mass is 16.5. The molecule has 0 radical (unpaired) electrons. The van der Waals surface area contributed by atoms with Gasteiger partial charge in [0.25, 0.3) is 0 Å². The number of phenols is 1. The second-order valence-corrected chi connectivity index (χ2v) is 9.84. The Hall–Kier alpha value is -3.09. The number of anilines is 2. The van der Waals surface area contributed by atoms with E-state index in [1.165, 1.54) is 6.20 Å². The Morgan fingerprint density at radius 2 is 1.68 bits per heavy atom. The number of rotatable bonds is 4. The first-order chi connectivity index (χ1) is 14.3. The highest BCUT2D eigenvalue weighted by Gasteiger charge is 2.27. The molecule has 0 unspecified atom stereocenters. The molecule has 0 fully saturated rings. The molecule has 0 aliphatic rings. The molecule has 31 heavy (non-hydrogen) atoms. The third kappa shape index (κ3) is 4.50. The molecule has 7 heteroatoms. The summed E-state index contributed by atoms with van der Waals surface area (Å²) in [6.45, 7) is 16.4. The summed E-state index contributed by atoms with van der Waals surface area (Å²) in [5.41, 5.74) is 3.56. The fraction of sp³-hybridized carbons (Fsp3) is 0.458. The predicted molar refractivity (Wildman–Crippen MR) is 122 cm³/mol. The first kappa shape index (κ1) is 22.6. The summed E-state index contributed by atoms with van der Waals surface area (Å²) >= 11 is 0. The van der Waals surface area contributed by atoms with Gasteiger partial charge < -0.3 is 15.2 Å². The van der Waals surface area contributed by atoms with Crippen LogP contribution in [0.25, 0.3) is 5.65 Å². The van der Waals surface area contributed by atoms with E-state index < -0.39 is 5.97 Å². The summed E-state index contributed by atoms with van der Waals surface area (Å²) in [5.74, 6) is 0.546. The molecule has 2 N–H and O–H groups in total. The number of carbonyl (C=O) groups excluding carboxylic acids is 1. The van der Waals surface area contributed by atoms with Crippen LogP contribution in [0.15, 0.2) is 24.4 Å². The Balaban J connectivity index is 2.15. The minimum Gasteiger partial charge on any atom is -0.507 e. The molecule has 2 aromatic heterocycles. The molecule has 0 bridgehead atoms. The normalized spacial score (nSPS) is 12.3. The van der Waals surface area contributed by atoms with E-state index in [4.69, 9.17) is 4.74 Å². The van der Waals surface area contributed by atoms with Gasteiger partial charge in [-0.2, -0.15) is 9.61 Å². The van der Waals surface area contributed by atoms with E-state index in [0.717, 1.165) is 22.5 Å². The van der Waals surface area contributed by atoms with Crippen molar-refractivity contribution in [3.63, 3.8) is 0 Å². The van der Waals surface area contributed by atoms with Crippen LogP contribution in [0.2, 0.25) is 0 Å². The molecule has 0 saturated carbocycles. The van der Waals surface area contributed by atoms with Crippen LogP contribution < -0.4 is 5.32 Å². The molecule has 3 aromatic rings. The third-order valence-corrected chi connectivity index (χ3v) is 5.09. The van der Waals surface area contributed by atoms with E-state index in [1.54, 1.807) is 11.4 Å². The Kier molecular flexibility index (Phi) is 5.74. The standard InChI is InChI=1S/C24H32N4O3/c1-9-31-22(30)16-13-25-28-19(10-14(2)26-21(16)28)27-15-11-17(23(3,4)5)20(29)18(12-15)24(6,7)8/h10-13,27,29H,9H2,1-8H3. The number of aromatic hydroxyl groups is 1. The fourth-order valence-electron chi connectivity index (χ4n) is 3.52. The van der Waals surface area contributed by atoms with Crippen molar-refractivity contribution in [3.05, 3.63) is 46.8 Å². The topological polar surface area (TPSA) is 88.8 Å². The molecule has 0 spiro atoms. The molecule has 0 saturated heterocycles. The lowest BCUT2D eigenvalue weighted by molar-refractivity contribution is 0.0528. The number of phenolic OH excluding ortho intramolecular Hbond substituents is 1. The minimum absolute atomic E-state index is 0.242. The summed E-state index contributed by atoms with van der Waals surface area (Å²) in [7, 11) is 0. The average Bonchev–Trinajstić information content (AvgIpc) is 3.05. The van der Waals surface area contributed by atoms with Crippen molar-refractivity contribution in [1.82, 2.24) is 14.6 Å². The van der Waals surface area contributed by atoms with Crippen molar-refractivity contribution in [1.29, 1.82) is 0 Å². The Labute approximate surface area is 183 Å². The van der Waals surface area contributed by atoms with Crippen molar-refractivity contribution in [3.8, 4) is 5.75 Å². The highest BCUT2D eigenvalue weighted by Crippen LogP contribution is 2.41. The molecule has 1 aromatic carbocycles. The summed E-state index contributed by atoms with van der Waals surface area (Å²) < 4.78 is 6.73. The van der Waals surface area contributed by atoms with Crippen molar-refractivity contribution in [2.24, 2.45) is 0 Å². The third-order valence-electron chi connectivity index (χ3n) is 5.09. The number of nitrogens with one attached hydrogen (secondary N) is 1. The molecule has 7 nitrogen and oxygen atoms in total. The lowest BCUT2D eigenvalue weighted by atomic mass is 9.79. The molecular formula is C24H32N4O3. The zero-order chi connectivity index (χ0) is 23.1. The van der Waals surface area contributed by atoms with Gasteiger partial charge in [0, 0.05) is 28.6 Å². The number of aromatic nitrogens is 3. The van der Waals surface area contributed by atoms with Crippen LogP contribution in [0.5, 0.6) is 5.75 Å². The molecule has 2 heterocycles. The summed E-state index contributed by atoms with van der Waals surface area (Å²) in [5, 5.41) is 18.8. The van der Waals surface area contributed by atoms with Crippen LogP contribution in [0.4, 0.5) is 11.5 Å². The predicted octanol–water partition coefficient (Wildman–Crippen LogP) is 5.26. The molecule has 166 valence electrons. The van der Waals surface area contributed by atoms with E-state index in [-0.39, 0.29) is 17.4 Å². The van der Waals surface area contributed by atoms with Crippen LogP contribution in [0.1, 0.15) is 75.6 Å². The van der Waals surface area contributed by atoms with Crippen LogP contribution in [-0.2, 0) is 15.6 Å². The van der Waals surface area contributed by atoms with Crippen LogP contribution in [0.3, 0.4) is 0 Å². The molecule has 0 amide bonds. The highest BCUT2D eigenvalue weighted by molar-refractivity contribution is 5.96. The van der Waals surface area contributed by atoms with Gasteiger partial charge in [-0.3, -0.25) is 0 Å². The maximum atomic E-state index is 12.3. The van der Waals surface area contributed by atoms with E-state index in [1.807, 2.05) is 25.1 Å². The zero-order valence-corrected chi connectivity index (χ0v) is 19.6. The second kappa shape index (κ2) is 7.87. The molecule has 0 atom stereocenters. The van der Waals surface area contributed by atoms with Gasteiger partial charge in [-0.15, -0.1) is 0 Å². The van der Waals surface area contributed by atoms with Gasteiger partial charge in [0.1, 0.15) is 17.1 Å². The summed E-state index contributed by atoms with van der Waals surface area (Å²) in [4.78, 5) is 16.8. The quantitative estimate of drug-likeness (QED) is 0.439. The molecule has 3 rings (SSSR count).